The van der Waals surface area contributed by atoms with Gasteiger partial charge in [-0.2, -0.15) is 0 Å². The molecule has 1 aromatic rings. The number of alkyl halides is 2. The standard InChI is InChI=1S/C17H21F3N4O4/c1-2-23(8-13(19)20)15(16(21)26)17(27)22-10-3-4-12(11(18)7-10)24-5-6-28-9-14(24)25/h3-4,7,13,15H,2,5-6,8-9H2,1H3,(H2,21,26)(H,22,27)/t15-/m0/s1. The predicted molar refractivity (Wildman–Crippen MR) is 94.4 cm³/mol. The molecule has 1 aliphatic rings. The Hall–Kier alpha value is -2.66. The number of nitrogens with two attached hydrogens (primary N) is 1. The first-order valence-electron chi connectivity index (χ1n) is 8.54. The fourth-order valence-corrected chi connectivity index (χ4v) is 2.86. The summed E-state index contributed by atoms with van der Waals surface area (Å²) >= 11 is 0. The first kappa shape index (κ1) is 21.6. The molecule has 0 unspecified atom stereocenters. The molecular weight excluding hydrogens is 381 g/mol. The molecular formula is C17H21F3N4O4. The van der Waals surface area contributed by atoms with Gasteiger partial charge in [-0.15, -0.1) is 0 Å². The Labute approximate surface area is 159 Å². The molecule has 0 radical (unpaired) electrons. The molecule has 1 aromatic carbocycles. The van der Waals surface area contributed by atoms with Gasteiger partial charge < -0.3 is 20.7 Å². The summed E-state index contributed by atoms with van der Waals surface area (Å²) in [6.07, 6.45) is -2.77. The summed E-state index contributed by atoms with van der Waals surface area (Å²) < 4.78 is 44.8. The number of primary amides is 1. The lowest BCUT2D eigenvalue weighted by atomic mass is 10.2. The van der Waals surface area contributed by atoms with E-state index in [0.29, 0.717) is 0 Å². The van der Waals surface area contributed by atoms with E-state index in [4.69, 9.17) is 10.5 Å². The average molecular weight is 402 g/mol. The number of amides is 3. The second-order valence-electron chi connectivity index (χ2n) is 6.04. The molecule has 1 aliphatic heterocycles. The van der Waals surface area contributed by atoms with Gasteiger partial charge in [0.05, 0.1) is 18.8 Å². The molecule has 3 amide bonds. The van der Waals surface area contributed by atoms with Crippen molar-refractivity contribution in [1.29, 1.82) is 0 Å². The largest absolute Gasteiger partial charge is 0.370 e. The molecule has 0 aromatic heterocycles. The molecule has 28 heavy (non-hydrogen) atoms. The van der Waals surface area contributed by atoms with Crippen LogP contribution in [0, 0.1) is 5.82 Å². The smallest absolute Gasteiger partial charge is 0.253 e. The van der Waals surface area contributed by atoms with Crippen molar-refractivity contribution in [2.45, 2.75) is 19.4 Å². The number of likely N-dealkylation sites (N-methyl/N-ethyl adjacent to an activating group) is 1. The summed E-state index contributed by atoms with van der Waals surface area (Å²) in [4.78, 5) is 38.0. The number of nitrogens with zero attached hydrogens (tertiary/aromatic N) is 2. The highest BCUT2D eigenvalue weighted by molar-refractivity contribution is 6.09. The second kappa shape index (κ2) is 9.51. The third-order valence-corrected chi connectivity index (χ3v) is 4.15. The van der Waals surface area contributed by atoms with Crippen molar-refractivity contribution in [1.82, 2.24) is 4.90 Å². The minimum Gasteiger partial charge on any atom is -0.370 e. The van der Waals surface area contributed by atoms with Crippen LogP contribution >= 0.6 is 0 Å². The van der Waals surface area contributed by atoms with Crippen LogP contribution in [-0.2, 0) is 19.1 Å². The van der Waals surface area contributed by atoms with Gasteiger partial charge in [0.15, 0.2) is 6.04 Å². The zero-order chi connectivity index (χ0) is 20.8. The van der Waals surface area contributed by atoms with E-state index < -0.39 is 42.6 Å². The molecule has 1 atom stereocenters. The maximum atomic E-state index is 14.4. The molecule has 1 saturated heterocycles. The van der Waals surface area contributed by atoms with E-state index in [9.17, 15) is 27.6 Å². The van der Waals surface area contributed by atoms with E-state index >= 15 is 0 Å². The number of rotatable bonds is 8. The molecule has 154 valence electrons. The van der Waals surface area contributed by atoms with Crippen LogP contribution in [0.1, 0.15) is 6.92 Å². The number of morpholine rings is 1. The third kappa shape index (κ3) is 5.20. The summed E-state index contributed by atoms with van der Waals surface area (Å²) in [6.45, 7) is 0.960. The number of hydrogen-bond donors (Lipinski definition) is 2. The fraction of sp³-hybridized carbons (Fsp3) is 0.471. The minimum absolute atomic E-state index is 0.00805. The van der Waals surface area contributed by atoms with Gasteiger partial charge in [0.25, 0.3) is 18.2 Å². The number of ether oxygens (including phenoxy) is 1. The Kier molecular flexibility index (Phi) is 7.35. The normalized spacial score (nSPS) is 15.8. The molecule has 0 bridgehead atoms. The topological polar surface area (TPSA) is 105 Å². The summed E-state index contributed by atoms with van der Waals surface area (Å²) in [5, 5.41) is 2.30. The van der Waals surface area contributed by atoms with Gasteiger partial charge in [0.2, 0.25) is 5.91 Å². The van der Waals surface area contributed by atoms with Gasteiger partial charge >= 0.3 is 0 Å². The average Bonchev–Trinajstić information content (AvgIpc) is 2.61. The summed E-state index contributed by atoms with van der Waals surface area (Å²) in [7, 11) is 0. The van der Waals surface area contributed by atoms with Crippen LogP contribution in [0.3, 0.4) is 0 Å². The Balaban J connectivity index is 2.16. The molecule has 0 saturated carbocycles. The van der Waals surface area contributed by atoms with Crippen LogP contribution in [-0.4, -0.2) is 67.9 Å². The lowest BCUT2D eigenvalue weighted by molar-refractivity contribution is -0.133. The van der Waals surface area contributed by atoms with Gasteiger partial charge in [-0.05, 0) is 24.7 Å². The van der Waals surface area contributed by atoms with Crippen LogP contribution in [0.2, 0.25) is 0 Å². The lowest BCUT2D eigenvalue weighted by Crippen LogP contribution is -2.53. The maximum Gasteiger partial charge on any atom is 0.253 e. The number of nitrogens with one attached hydrogen (secondary N) is 1. The Morgan fingerprint density at radius 2 is 2.11 bits per heavy atom. The van der Waals surface area contributed by atoms with Crippen molar-refractivity contribution in [3.8, 4) is 0 Å². The molecule has 11 heteroatoms. The zero-order valence-corrected chi connectivity index (χ0v) is 15.2. The zero-order valence-electron chi connectivity index (χ0n) is 15.2. The molecule has 0 spiro atoms. The second-order valence-corrected chi connectivity index (χ2v) is 6.04. The number of benzene rings is 1. The Morgan fingerprint density at radius 3 is 2.64 bits per heavy atom. The van der Waals surface area contributed by atoms with E-state index in [2.05, 4.69) is 5.32 Å². The van der Waals surface area contributed by atoms with E-state index in [0.717, 1.165) is 11.0 Å². The molecule has 2 rings (SSSR count). The first-order valence-corrected chi connectivity index (χ1v) is 8.54. The highest BCUT2D eigenvalue weighted by Crippen LogP contribution is 2.24. The summed E-state index contributed by atoms with van der Waals surface area (Å²) in [5.74, 6) is -3.23. The minimum atomic E-state index is -2.77. The van der Waals surface area contributed by atoms with Crippen molar-refractivity contribution in [2.75, 3.05) is 43.1 Å². The van der Waals surface area contributed by atoms with Crippen LogP contribution in [0.4, 0.5) is 24.5 Å². The van der Waals surface area contributed by atoms with E-state index in [1.807, 2.05) is 0 Å². The van der Waals surface area contributed by atoms with E-state index in [1.54, 1.807) is 0 Å². The van der Waals surface area contributed by atoms with Gasteiger partial charge in [-0.25, -0.2) is 13.2 Å². The number of hydrogen-bond acceptors (Lipinski definition) is 5. The van der Waals surface area contributed by atoms with Gasteiger partial charge in [0.1, 0.15) is 12.4 Å². The molecule has 1 heterocycles. The highest BCUT2D eigenvalue weighted by Gasteiger charge is 2.32. The van der Waals surface area contributed by atoms with Crippen molar-refractivity contribution < 1.29 is 32.3 Å². The number of anilines is 2. The highest BCUT2D eigenvalue weighted by atomic mass is 19.3. The molecule has 1 fully saturated rings. The van der Waals surface area contributed by atoms with E-state index in [-0.39, 0.29) is 37.7 Å². The van der Waals surface area contributed by atoms with Crippen LogP contribution < -0.4 is 16.0 Å². The first-order chi connectivity index (χ1) is 13.2. The van der Waals surface area contributed by atoms with Crippen molar-refractivity contribution in [2.24, 2.45) is 5.73 Å². The van der Waals surface area contributed by atoms with Crippen molar-refractivity contribution in [3.63, 3.8) is 0 Å². The summed E-state index contributed by atoms with van der Waals surface area (Å²) in [6, 6.07) is 1.96. The van der Waals surface area contributed by atoms with Crippen LogP contribution in [0.25, 0.3) is 0 Å². The quantitative estimate of drug-likeness (QED) is 0.619. The van der Waals surface area contributed by atoms with Gasteiger partial charge in [0, 0.05) is 12.2 Å². The molecule has 0 aliphatic carbocycles. The number of halogens is 3. The van der Waals surface area contributed by atoms with Crippen LogP contribution in [0.5, 0.6) is 0 Å². The third-order valence-electron chi connectivity index (χ3n) is 4.15. The maximum absolute atomic E-state index is 14.4. The molecule has 8 nitrogen and oxygen atoms in total. The molecule has 3 N–H and O–H groups in total. The predicted octanol–water partition coefficient (Wildman–Crippen LogP) is 0.568. The fourth-order valence-electron chi connectivity index (χ4n) is 2.86. The monoisotopic (exact) mass is 402 g/mol. The summed E-state index contributed by atoms with van der Waals surface area (Å²) in [5.41, 5.74) is 5.20. The number of carbonyl (C=O) groups is 3. The lowest BCUT2D eigenvalue weighted by Gasteiger charge is -2.28. The van der Waals surface area contributed by atoms with Gasteiger partial charge in [-0.1, -0.05) is 6.92 Å². The van der Waals surface area contributed by atoms with Gasteiger partial charge in [-0.3, -0.25) is 19.3 Å². The van der Waals surface area contributed by atoms with Crippen molar-refractivity contribution >= 4 is 29.1 Å². The Bertz CT molecular complexity index is 747. The number of carbonyl (C=O) groups excluding carboxylic acids is 3. The van der Waals surface area contributed by atoms with Crippen LogP contribution in [0.15, 0.2) is 18.2 Å². The van der Waals surface area contributed by atoms with Crippen molar-refractivity contribution in [3.05, 3.63) is 24.0 Å². The Morgan fingerprint density at radius 1 is 1.39 bits per heavy atom. The van der Waals surface area contributed by atoms with E-state index in [1.165, 1.54) is 24.0 Å². The SMILES string of the molecule is CCN(CC(F)F)[C@@H](C(N)=O)C(=O)Nc1ccc(N2CCOCC2=O)c(F)c1.